The summed E-state index contributed by atoms with van der Waals surface area (Å²) in [6.07, 6.45) is 0. The van der Waals surface area contributed by atoms with E-state index in [4.69, 9.17) is 23.2 Å². The van der Waals surface area contributed by atoms with E-state index in [1.807, 2.05) is 0 Å². The van der Waals surface area contributed by atoms with Crippen LogP contribution >= 0.6 is 23.2 Å². The summed E-state index contributed by atoms with van der Waals surface area (Å²) >= 11 is 9.69. The van der Waals surface area contributed by atoms with Gasteiger partial charge in [-0.1, -0.05) is 29.8 Å². The highest BCUT2D eigenvalue weighted by Crippen LogP contribution is 1.98. The van der Waals surface area contributed by atoms with Gasteiger partial charge in [0.15, 0.2) is 0 Å². The van der Waals surface area contributed by atoms with E-state index in [-0.39, 0.29) is 15.5 Å². The Balaban J connectivity index is 0. The van der Waals surface area contributed by atoms with Crippen molar-refractivity contribution in [1.82, 2.24) is 0 Å². The zero-order chi connectivity index (χ0) is 3.58. The highest BCUT2D eigenvalue weighted by molar-refractivity contribution is 6.55. The van der Waals surface area contributed by atoms with E-state index in [9.17, 15) is 0 Å². The van der Waals surface area contributed by atoms with Crippen LogP contribution in [0.5, 0.6) is 0 Å². The van der Waals surface area contributed by atoms with Crippen molar-refractivity contribution in [2.45, 2.75) is 0 Å². The summed E-state index contributed by atoms with van der Waals surface area (Å²) in [6.45, 7) is 3.09. The van der Waals surface area contributed by atoms with Gasteiger partial charge in [-0.2, -0.15) is 0 Å². The standard InChI is InChI=1S/C2H2Cl2.H4Si/c1-2(3)4;/h1H2;1H4. The molecule has 0 heterocycles. The third-order valence-corrected chi connectivity index (χ3v) is 0. The zero-order valence-electron chi connectivity index (χ0n) is 1.96. The molecule has 32 valence electrons. The average molecular weight is 129 g/mol. The van der Waals surface area contributed by atoms with Gasteiger partial charge in [-0.05, 0) is 11.0 Å². The van der Waals surface area contributed by atoms with Crippen molar-refractivity contribution in [3.05, 3.63) is 11.1 Å². The predicted octanol–water partition coefficient (Wildman–Crippen LogP) is 0.484. The number of halogens is 2. The first kappa shape index (κ1) is 9.11. The molecule has 0 rings (SSSR count). The molecular weight excluding hydrogens is 123 g/mol. The fourth-order valence-corrected chi connectivity index (χ4v) is 0. The first-order valence-electron chi connectivity index (χ1n) is 0.732. The van der Waals surface area contributed by atoms with E-state index < -0.39 is 0 Å². The molecule has 0 aromatic rings. The Bertz CT molecular complexity index is 30.6. The zero-order valence-corrected chi connectivity index (χ0v) is 3.47. The van der Waals surface area contributed by atoms with E-state index >= 15 is 0 Å². The molecule has 0 saturated heterocycles. The van der Waals surface area contributed by atoms with Crippen LogP contribution in [0.1, 0.15) is 0 Å². The molecule has 0 aliphatic rings. The van der Waals surface area contributed by atoms with Gasteiger partial charge in [-0.3, -0.25) is 0 Å². The van der Waals surface area contributed by atoms with Crippen molar-refractivity contribution >= 4 is 34.2 Å². The molecule has 0 aliphatic carbocycles. The van der Waals surface area contributed by atoms with Gasteiger partial charge in [0, 0.05) is 0 Å². The quantitative estimate of drug-likeness (QED) is 0.417. The first-order chi connectivity index (χ1) is 1.73. The molecule has 0 saturated carbocycles. The Morgan fingerprint density at radius 3 is 1.40 bits per heavy atom. The molecule has 0 radical (unpaired) electrons. The Morgan fingerprint density at radius 1 is 1.40 bits per heavy atom. The third kappa shape index (κ3) is 101. The molecular formula is C2H6Cl2Si. The van der Waals surface area contributed by atoms with Crippen molar-refractivity contribution in [2.75, 3.05) is 0 Å². The van der Waals surface area contributed by atoms with E-state index in [0.29, 0.717) is 0 Å². The molecule has 0 aliphatic heterocycles. The topological polar surface area (TPSA) is 0 Å². The van der Waals surface area contributed by atoms with Crippen LogP contribution in [-0.2, 0) is 0 Å². The van der Waals surface area contributed by atoms with Crippen molar-refractivity contribution < 1.29 is 0 Å². The number of hydrogen-bond acceptors (Lipinski definition) is 0. The predicted molar refractivity (Wildman–Crippen MR) is 32.2 cm³/mol. The normalized spacial score (nSPS) is 5.20. The maximum absolute atomic E-state index is 4.85. The number of rotatable bonds is 0. The SMILES string of the molecule is C=C(Cl)Cl.[SiH4]. The molecule has 5 heavy (non-hydrogen) atoms. The summed E-state index contributed by atoms with van der Waals surface area (Å²) in [4.78, 5) is 0. The van der Waals surface area contributed by atoms with Crippen molar-refractivity contribution in [3.63, 3.8) is 0 Å². The van der Waals surface area contributed by atoms with E-state index in [2.05, 4.69) is 6.58 Å². The number of hydrogen-bond donors (Lipinski definition) is 0. The Hall–Kier alpha value is 0.537. The lowest BCUT2D eigenvalue weighted by molar-refractivity contribution is 2.45. The fraction of sp³-hybridized carbons (Fsp3) is 0. The molecule has 0 bridgehead atoms. The monoisotopic (exact) mass is 128 g/mol. The molecule has 0 spiro atoms. The van der Waals surface area contributed by atoms with Crippen LogP contribution in [0.3, 0.4) is 0 Å². The molecule has 0 atom stereocenters. The van der Waals surface area contributed by atoms with Gasteiger partial charge in [0.05, 0.1) is 4.49 Å². The van der Waals surface area contributed by atoms with Crippen LogP contribution in [0, 0.1) is 0 Å². The summed E-state index contributed by atoms with van der Waals surface area (Å²) in [5.74, 6) is 0. The summed E-state index contributed by atoms with van der Waals surface area (Å²) in [5, 5.41) is 0. The molecule has 0 unspecified atom stereocenters. The molecule has 0 nitrogen and oxygen atoms in total. The van der Waals surface area contributed by atoms with Gasteiger partial charge in [0.25, 0.3) is 0 Å². The second-order valence-electron chi connectivity index (χ2n) is 0.339. The van der Waals surface area contributed by atoms with Crippen LogP contribution in [-0.4, -0.2) is 11.0 Å². The molecule has 0 aromatic carbocycles. The Morgan fingerprint density at radius 2 is 1.40 bits per heavy atom. The minimum absolute atomic E-state index is 0. The molecule has 0 N–H and O–H groups in total. The van der Waals surface area contributed by atoms with Crippen molar-refractivity contribution in [1.29, 1.82) is 0 Å². The van der Waals surface area contributed by atoms with Crippen LogP contribution in [0.15, 0.2) is 11.1 Å². The first-order valence-corrected chi connectivity index (χ1v) is 1.49. The van der Waals surface area contributed by atoms with E-state index in [1.54, 1.807) is 0 Å². The van der Waals surface area contributed by atoms with Crippen LogP contribution in [0.4, 0.5) is 0 Å². The van der Waals surface area contributed by atoms with E-state index in [0.717, 1.165) is 0 Å². The van der Waals surface area contributed by atoms with Crippen molar-refractivity contribution in [2.24, 2.45) is 0 Å². The minimum atomic E-state index is 0. The van der Waals surface area contributed by atoms with Gasteiger partial charge < -0.3 is 0 Å². The van der Waals surface area contributed by atoms with Gasteiger partial charge in [0.2, 0.25) is 0 Å². The average Bonchev–Trinajstić information content (AvgIpc) is 0.811. The summed E-state index contributed by atoms with van der Waals surface area (Å²) in [7, 11) is 0. The molecule has 0 fully saturated rings. The summed E-state index contributed by atoms with van der Waals surface area (Å²) in [5.41, 5.74) is 0. The maximum atomic E-state index is 4.85. The summed E-state index contributed by atoms with van der Waals surface area (Å²) in [6, 6.07) is 0. The Kier molecular flexibility index (Phi) is 8.27. The van der Waals surface area contributed by atoms with Gasteiger partial charge >= 0.3 is 0 Å². The molecule has 3 heteroatoms. The lowest BCUT2D eigenvalue weighted by atomic mass is 11.3. The maximum Gasteiger partial charge on any atom is 0.0992 e. The highest BCUT2D eigenvalue weighted by Gasteiger charge is 1.60. The van der Waals surface area contributed by atoms with Crippen LogP contribution < -0.4 is 0 Å². The minimum Gasteiger partial charge on any atom is -0.0716 e. The van der Waals surface area contributed by atoms with Gasteiger partial charge in [-0.25, -0.2) is 0 Å². The lowest BCUT2D eigenvalue weighted by Crippen LogP contribution is -1.24. The fourth-order valence-electron chi connectivity index (χ4n) is 0. The highest BCUT2D eigenvalue weighted by atomic mass is 35.5. The second-order valence-corrected chi connectivity index (χ2v) is 1.44. The van der Waals surface area contributed by atoms with Crippen LogP contribution in [0.25, 0.3) is 0 Å². The van der Waals surface area contributed by atoms with Crippen molar-refractivity contribution in [3.8, 4) is 0 Å². The largest absolute Gasteiger partial charge is 0.0992 e. The van der Waals surface area contributed by atoms with Gasteiger partial charge in [0.1, 0.15) is 0 Å². The van der Waals surface area contributed by atoms with Crippen LogP contribution in [0.2, 0.25) is 0 Å². The second kappa shape index (κ2) is 4.54. The summed E-state index contributed by atoms with van der Waals surface area (Å²) < 4.78 is 0.111. The third-order valence-electron chi connectivity index (χ3n) is 0. The Labute approximate surface area is 45.8 Å². The van der Waals surface area contributed by atoms with Gasteiger partial charge in [-0.15, -0.1) is 0 Å². The van der Waals surface area contributed by atoms with E-state index in [1.165, 1.54) is 0 Å². The smallest absolute Gasteiger partial charge is 0.0716 e. The molecule has 0 amide bonds. The molecule has 0 aromatic heterocycles. The lowest BCUT2D eigenvalue weighted by Gasteiger charge is -1.57.